The molecule has 2 aliphatic heterocycles. The SMILES string of the molecule is CC[C@@]1(C)CC(=O)N([C@H](CCOC)[C@H]2C(C)C2C(=O)N[C@H]2CC(C)(C)Oc3ccc(C)cc32)C(N)=N1. The number of nitrogens with one attached hydrogen (secondary N) is 1. The van der Waals surface area contributed by atoms with Crippen molar-refractivity contribution in [3.05, 3.63) is 29.3 Å². The first-order valence-electron chi connectivity index (χ1n) is 13.2. The van der Waals surface area contributed by atoms with E-state index in [-0.39, 0.29) is 53.2 Å². The van der Waals surface area contributed by atoms with E-state index in [4.69, 9.17) is 15.2 Å². The second-order valence-corrected chi connectivity index (χ2v) is 11.7. The molecule has 4 rings (SSSR count). The average Bonchev–Trinajstić information content (AvgIpc) is 3.46. The Morgan fingerprint density at radius 2 is 2.08 bits per heavy atom. The van der Waals surface area contributed by atoms with Gasteiger partial charge in [-0.05, 0) is 58.4 Å². The highest BCUT2D eigenvalue weighted by Gasteiger charge is 2.58. The first kappa shape index (κ1) is 26.5. The van der Waals surface area contributed by atoms with Crippen molar-refractivity contribution in [2.75, 3.05) is 13.7 Å². The summed E-state index contributed by atoms with van der Waals surface area (Å²) in [5.74, 6) is 0.981. The monoisotopic (exact) mass is 498 g/mol. The van der Waals surface area contributed by atoms with Gasteiger partial charge in [-0.2, -0.15) is 0 Å². The molecule has 8 heteroatoms. The summed E-state index contributed by atoms with van der Waals surface area (Å²) in [4.78, 5) is 33.2. The lowest BCUT2D eigenvalue weighted by Gasteiger charge is -2.39. The van der Waals surface area contributed by atoms with Crippen LogP contribution in [0.15, 0.2) is 23.2 Å². The molecule has 3 aliphatic rings. The van der Waals surface area contributed by atoms with Crippen molar-refractivity contribution in [2.24, 2.45) is 28.5 Å². The van der Waals surface area contributed by atoms with Gasteiger partial charge in [0.25, 0.3) is 0 Å². The number of guanidine groups is 1. The summed E-state index contributed by atoms with van der Waals surface area (Å²) in [6.45, 7) is 12.7. The van der Waals surface area contributed by atoms with E-state index in [1.54, 1.807) is 12.0 Å². The van der Waals surface area contributed by atoms with Crippen LogP contribution in [0, 0.1) is 24.7 Å². The average molecular weight is 499 g/mol. The fraction of sp³-hybridized carbons (Fsp3) is 0.679. The predicted octanol–water partition coefficient (Wildman–Crippen LogP) is 3.72. The fourth-order valence-electron chi connectivity index (χ4n) is 6.07. The van der Waals surface area contributed by atoms with Gasteiger partial charge in [-0.25, -0.2) is 4.99 Å². The molecule has 1 aromatic rings. The van der Waals surface area contributed by atoms with Gasteiger partial charge in [0.05, 0.1) is 18.0 Å². The third-order valence-corrected chi connectivity index (χ3v) is 8.28. The summed E-state index contributed by atoms with van der Waals surface area (Å²) in [5.41, 5.74) is 7.66. The fourth-order valence-corrected chi connectivity index (χ4v) is 6.07. The zero-order valence-corrected chi connectivity index (χ0v) is 22.8. The van der Waals surface area contributed by atoms with Crippen molar-refractivity contribution >= 4 is 17.8 Å². The van der Waals surface area contributed by atoms with Gasteiger partial charge < -0.3 is 20.5 Å². The number of nitrogens with two attached hydrogens (primary N) is 1. The molecule has 1 aromatic carbocycles. The van der Waals surface area contributed by atoms with E-state index in [1.165, 1.54) is 0 Å². The van der Waals surface area contributed by atoms with E-state index < -0.39 is 5.54 Å². The number of amides is 2. The van der Waals surface area contributed by atoms with Crippen LogP contribution in [0.5, 0.6) is 5.75 Å². The van der Waals surface area contributed by atoms with E-state index >= 15 is 0 Å². The Bertz CT molecular complexity index is 1050. The van der Waals surface area contributed by atoms with E-state index in [0.717, 1.165) is 23.3 Å². The third kappa shape index (κ3) is 5.10. The van der Waals surface area contributed by atoms with E-state index in [2.05, 4.69) is 23.3 Å². The molecular formula is C28H42N4O4. The van der Waals surface area contributed by atoms with Crippen LogP contribution in [0.4, 0.5) is 0 Å². The number of carbonyl (C=O) groups excluding carboxylic acids is 2. The molecule has 1 fully saturated rings. The molecule has 0 bridgehead atoms. The Morgan fingerprint density at radius 1 is 1.36 bits per heavy atom. The topological polar surface area (TPSA) is 106 Å². The molecule has 0 spiro atoms. The van der Waals surface area contributed by atoms with Crippen LogP contribution in [0.3, 0.4) is 0 Å². The molecule has 0 saturated heterocycles. The summed E-state index contributed by atoms with van der Waals surface area (Å²) in [7, 11) is 1.65. The lowest BCUT2D eigenvalue weighted by atomic mass is 9.88. The maximum Gasteiger partial charge on any atom is 0.231 e. The summed E-state index contributed by atoms with van der Waals surface area (Å²) >= 11 is 0. The predicted molar refractivity (Wildman–Crippen MR) is 140 cm³/mol. The number of fused-ring (bicyclic) bond motifs is 1. The largest absolute Gasteiger partial charge is 0.487 e. The molecule has 2 unspecified atom stereocenters. The first-order valence-corrected chi connectivity index (χ1v) is 13.2. The number of nitrogens with zero attached hydrogens (tertiary/aromatic N) is 2. The normalized spacial score (nSPS) is 31.7. The maximum atomic E-state index is 13.6. The highest BCUT2D eigenvalue weighted by Crippen LogP contribution is 2.52. The number of ether oxygens (including phenoxy) is 2. The van der Waals surface area contributed by atoms with Gasteiger partial charge in [0.15, 0.2) is 5.96 Å². The Hall–Kier alpha value is -2.61. The minimum absolute atomic E-state index is 0.00587. The highest BCUT2D eigenvalue weighted by atomic mass is 16.5. The molecule has 2 amide bonds. The lowest BCUT2D eigenvalue weighted by Crippen LogP contribution is -2.56. The molecule has 6 atom stereocenters. The number of benzene rings is 1. The number of aryl methyl sites for hydroxylation is 1. The summed E-state index contributed by atoms with van der Waals surface area (Å²) in [6, 6.07) is 5.76. The van der Waals surface area contributed by atoms with Crippen molar-refractivity contribution in [2.45, 2.75) is 90.4 Å². The Labute approximate surface area is 215 Å². The van der Waals surface area contributed by atoms with Gasteiger partial charge in [-0.15, -0.1) is 0 Å². The minimum atomic E-state index is -0.475. The number of hydrogen-bond acceptors (Lipinski definition) is 6. The minimum Gasteiger partial charge on any atom is -0.487 e. The van der Waals surface area contributed by atoms with Crippen LogP contribution in [0.2, 0.25) is 0 Å². The third-order valence-electron chi connectivity index (χ3n) is 8.28. The number of aliphatic imine (C=N–C) groups is 1. The van der Waals surface area contributed by atoms with E-state index in [9.17, 15) is 9.59 Å². The number of hydrogen-bond donors (Lipinski definition) is 2. The lowest BCUT2D eigenvalue weighted by molar-refractivity contribution is -0.132. The van der Waals surface area contributed by atoms with Crippen molar-refractivity contribution in [1.29, 1.82) is 0 Å². The second kappa shape index (κ2) is 9.69. The number of rotatable bonds is 8. The first-order chi connectivity index (χ1) is 16.9. The maximum absolute atomic E-state index is 13.6. The van der Waals surface area contributed by atoms with Crippen molar-refractivity contribution in [3.63, 3.8) is 0 Å². The summed E-state index contributed by atoms with van der Waals surface area (Å²) in [5, 5.41) is 3.32. The Kier molecular flexibility index (Phi) is 7.12. The van der Waals surface area contributed by atoms with Crippen LogP contribution < -0.4 is 15.8 Å². The van der Waals surface area contributed by atoms with Gasteiger partial charge in [0, 0.05) is 37.7 Å². The molecule has 0 radical (unpaired) electrons. The van der Waals surface area contributed by atoms with Crippen LogP contribution in [0.1, 0.15) is 77.5 Å². The van der Waals surface area contributed by atoms with Crippen LogP contribution in [-0.2, 0) is 14.3 Å². The zero-order chi connectivity index (χ0) is 26.4. The van der Waals surface area contributed by atoms with Gasteiger partial charge >= 0.3 is 0 Å². The van der Waals surface area contributed by atoms with Crippen LogP contribution >= 0.6 is 0 Å². The molecule has 3 N–H and O–H groups in total. The van der Waals surface area contributed by atoms with Gasteiger partial charge in [0.1, 0.15) is 11.4 Å². The van der Waals surface area contributed by atoms with E-state index in [0.29, 0.717) is 25.9 Å². The highest BCUT2D eigenvalue weighted by molar-refractivity contribution is 5.99. The molecular weight excluding hydrogens is 456 g/mol. The van der Waals surface area contributed by atoms with Crippen LogP contribution in [-0.4, -0.2) is 53.6 Å². The molecule has 1 aliphatic carbocycles. The number of carbonyl (C=O) groups is 2. The van der Waals surface area contributed by atoms with Crippen molar-refractivity contribution in [3.8, 4) is 5.75 Å². The summed E-state index contributed by atoms with van der Waals surface area (Å²) in [6.07, 6.45) is 2.35. The molecule has 198 valence electrons. The molecule has 8 nitrogen and oxygen atoms in total. The Morgan fingerprint density at radius 3 is 2.72 bits per heavy atom. The quantitative estimate of drug-likeness (QED) is 0.568. The van der Waals surface area contributed by atoms with Gasteiger partial charge in [-0.3, -0.25) is 14.5 Å². The number of methoxy groups -OCH3 is 1. The molecule has 1 saturated carbocycles. The summed E-state index contributed by atoms with van der Waals surface area (Å²) < 4.78 is 11.5. The molecule has 0 aromatic heterocycles. The second-order valence-electron chi connectivity index (χ2n) is 11.7. The molecule has 2 heterocycles. The standard InChI is InChI=1S/C28H42N4O4/c1-8-28(6)15-22(33)32(26(29)31-28)20(11-12-35-7)23-17(3)24(23)25(34)30-19-14-27(4,5)36-21-10-9-16(2)13-18(19)21/h9-10,13,17,19-20,23-24H,8,11-12,14-15H2,1-7H3,(H2,29,31)(H,30,34)/t17?,19-,20+,23+,24?,28-/m0/s1. The van der Waals surface area contributed by atoms with Crippen molar-refractivity contribution < 1.29 is 19.1 Å². The Balaban J connectivity index is 1.55. The zero-order valence-electron chi connectivity index (χ0n) is 22.8. The van der Waals surface area contributed by atoms with E-state index in [1.807, 2.05) is 46.8 Å². The van der Waals surface area contributed by atoms with Crippen LogP contribution in [0.25, 0.3) is 0 Å². The van der Waals surface area contributed by atoms with Gasteiger partial charge in [-0.1, -0.05) is 31.5 Å². The molecule has 36 heavy (non-hydrogen) atoms. The smallest absolute Gasteiger partial charge is 0.231 e. The van der Waals surface area contributed by atoms with Crippen molar-refractivity contribution in [1.82, 2.24) is 10.2 Å². The van der Waals surface area contributed by atoms with Gasteiger partial charge in [0.2, 0.25) is 11.8 Å².